The number of carbonyl (C=O) groups excluding carboxylic acids is 2. The van der Waals surface area contributed by atoms with Gasteiger partial charge in [0.15, 0.2) is 0 Å². The molecule has 0 bridgehead atoms. The van der Waals surface area contributed by atoms with Crippen LogP contribution in [0.4, 0.5) is 0 Å². The van der Waals surface area contributed by atoms with Gasteiger partial charge in [-0.2, -0.15) is 0 Å². The van der Waals surface area contributed by atoms with E-state index in [1.165, 1.54) is 103 Å². The second kappa shape index (κ2) is 26.2. The molecular formula is C34H66O4. The van der Waals surface area contributed by atoms with Crippen LogP contribution in [-0.2, 0) is 19.1 Å². The minimum Gasteiger partial charge on any atom is -0.463 e. The highest BCUT2D eigenvalue weighted by atomic mass is 16.6. The molecule has 2 atom stereocenters. The Labute approximate surface area is 237 Å². The number of hydrogen-bond donors (Lipinski definition) is 0. The molecule has 0 N–H and O–H groups in total. The molecule has 0 radical (unpaired) electrons. The van der Waals surface area contributed by atoms with Crippen molar-refractivity contribution in [1.82, 2.24) is 0 Å². The number of carbonyl (C=O) groups is 2. The van der Waals surface area contributed by atoms with Gasteiger partial charge in [0.1, 0.15) is 0 Å². The third-order valence-corrected chi connectivity index (χ3v) is 7.53. The fourth-order valence-corrected chi connectivity index (χ4v) is 5.31. The molecule has 0 amide bonds. The summed E-state index contributed by atoms with van der Waals surface area (Å²) >= 11 is 0. The highest BCUT2D eigenvalue weighted by Crippen LogP contribution is 2.29. The van der Waals surface area contributed by atoms with Gasteiger partial charge in [0, 0.05) is 0 Å². The van der Waals surface area contributed by atoms with Crippen LogP contribution in [0.5, 0.6) is 0 Å². The SMILES string of the molecule is CCCCCCCCCCCCC(C(=O)OC(C)C)C(CCCCCCCCCCCC)C(=O)OC(C)C. The molecule has 0 aliphatic rings. The van der Waals surface area contributed by atoms with Crippen LogP contribution in [0.3, 0.4) is 0 Å². The van der Waals surface area contributed by atoms with Gasteiger partial charge in [-0.15, -0.1) is 0 Å². The molecule has 0 spiro atoms. The molecule has 4 nitrogen and oxygen atoms in total. The van der Waals surface area contributed by atoms with E-state index in [0.717, 1.165) is 38.5 Å². The number of esters is 2. The van der Waals surface area contributed by atoms with Crippen molar-refractivity contribution in [3.05, 3.63) is 0 Å². The van der Waals surface area contributed by atoms with Crippen LogP contribution < -0.4 is 0 Å². The molecule has 0 rings (SSSR count). The predicted octanol–water partition coefficient (Wildman–Crippen LogP) is 10.7. The Balaban J connectivity index is 4.73. The smallest absolute Gasteiger partial charge is 0.310 e. The summed E-state index contributed by atoms with van der Waals surface area (Å²) in [5.41, 5.74) is 0. The molecule has 0 heterocycles. The first-order chi connectivity index (χ1) is 18.3. The van der Waals surface area contributed by atoms with Crippen LogP contribution >= 0.6 is 0 Å². The van der Waals surface area contributed by atoms with Crippen LogP contribution in [0.2, 0.25) is 0 Å². The van der Waals surface area contributed by atoms with Gasteiger partial charge in [0.25, 0.3) is 0 Å². The monoisotopic (exact) mass is 538 g/mol. The van der Waals surface area contributed by atoms with Gasteiger partial charge in [-0.1, -0.05) is 142 Å². The fraction of sp³-hybridized carbons (Fsp3) is 0.941. The Hall–Kier alpha value is -1.06. The summed E-state index contributed by atoms with van der Waals surface area (Å²) in [7, 11) is 0. The van der Waals surface area contributed by atoms with Gasteiger partial charge in [-0.25, -0.2) is 0 Å². The molecule has 4 heteroatoms. The normalized spacial score (nSPS) is 13.2. The first-order valence-electron chi connectivity index (χ1n) is 16.7. The van der Waals surface area contributed by atoms with Crippen molar-refractivity contribution >= 4 is 11.9 Å². The van der Waals surface area contributed by atoms with E-state index in [1.54, 1.807) is 0 Å². The van der Waals surface area contributed by atoms with Gasteiger partial charge < -0.3 is 9.47 Å². The maximum absolute atomic E-state index is 13.1. The van der Waals surface area contributed by atoms with Crippen LogP contribution in [-0.4, -0.2) is 24.1 Å². The average molecular weight is 539 g/mol. The zero-order chi connectivity index (χ0) is 28.4. The van der Waals surface area contributed by atoms with E-state index < -0.39 is 11.8 Å². The molecule has 0 saturated carbocycles. The first-order valence-corrected chi connectivity index (χ1v) is 16.7. The van der Waals surface area contributed by atoms with Crippen LogP contribution in [0, 0.1) is 11.8 Å². The van der Waals surface area contributed by atoms with Gasteiger partial charge in [-0.05, 0) is 40.5 Å². The molecule has 0 aliphatic carbocycles. The lowest BCUT2D eigenvalue weighted by Crippen LogP contribution is -2.34. The number of unbranched alkanes of at least 4 members (excludes halogenated alkanes) is 18. The van der Waals surface area contributed by atoms with Crippen LogP contribution in [0.25, 0.3) is 0 Å². The maximum atomic E-state index is 13.1. The number of ether oxygens (including phenoxy) is 2. The lowest BCUT2D eigenvalue weighted by molar-refractivity contribution is -0.166. The second-order valence-corrected chi connectivity index (χ2v) is 12.1. The molecular weight excluding hydrogens is 472 g/mol. The summed E-state index contributed by atoms with van der Waals surface area (Å²) in [6, 6.07) is 0. The van der Waals surface area contributed by atoms with Crippen molar-refractivity contribution in [3.63, 3.8) is 0 Å². The molecule has 0 saturated heterocycles. The summed E-state index contributed by atoms with van der Waals surface area (Å²) in [4.78, 5) is 26.3. The van der Waals surface area contributed by atoms with Crippen molar-refractivity contribution in [2.45, 2.75) is 195 Å². The van der Waals surface area contributed by atoms with Crippen molar-refractivity contribution in [1.29, 1.82) is 0 Å². The van der Waals surface area contributed by atoms with E-state index in [4.69, 9.17) is 9.47 Å². The van der Waals surface area contributed by atoms with Gasteiger partial charge >= 0.3 is 11.9 Å². The summed E-state index contributed by atoms with van der Waals surface area (Å²) < 4.78 is 11.3. The van der Waals surface area contributed by atoms with E-state index in [0.29, 0.717) is 0 Å². The lowest BCUT2D eigenvalue weighted by Gasteiger charge is -2.26. The zero-order valence-corrected chi connectivity index (χ0v) is 26.5. The first kappa shape index (κ1) is 36.9. The highest BCUT2D eigenvalue weighted by Gasteiger charge is 2.36. The van der Waals surface area contributed by atoms with Crippen molar-refractivity contribution in [2.75, 3.05) is 0 Å². The fourth-order valence-electron chi connectivity index (χ4n) is 5.31. The van der Waals surface area contributed by atoms with Crippen molar-refractivity contribution in [2.24, 2.45) is 11.8 Å². The Morgan fingerprint density at radius 1 is 0.421 bits per heavy atom. The topological polar surface area (TPSA) is 52.6 Å². The van der Waals surface area contributed by atoms with E-state index in [9.17, 15) is 9.59 Å². The van der Waals surface area contributed by atoms with Gasteiger partial charge in [-0.3, -0.25) is 9.59 Å². The summed E-state index contributed by atoms with van der Waals surface area (Å²) in [6.07, 6.45) is 26.3. The zero-order valence-electron chi connectivity index (χ0n) is 26.5. The summed E-state index contributed by atoms with van der Waals surface area (Å²) in [6.45, 7) is 12.1. The minimum absolute atomic E-state index is 0.170. The molecule has 0 aromatic carbocycles. The molecule has 2 unspecified atom stereocenters. The Morgan fingerprint density at radius 2 is 0.658 bits per heavy atom. The maximum Gasteiger partial charge on any atom is 0.310 e. The van der Waals surface area contributed by atoms with Crippen molar-refractivity contribution < 1.29 is 19.1 Å². The van der Waals surface area contributed by atoms with Crippen LogP contribution in [0.15, 0.2) is 0 Å². The van der Waals surface area contributed by atoms with E-state index >= 15 is 0 Å². The van der Waals surface area contributed by atoms with Crippen LogP contribution in [0.1, 0.15) is 183 Å². The van der Waals surface area contributed by atoms with Crippen molar-refractivity contribution in [3.8, 4) is 0 Å². The molecule has 226 valence electrons. The van der Waals surface area contributed by atoms with E-state index in [-0.39, 0.29) is 24.1 Å². The Bertz CT molecular complexity index is 495. The highest BCUT2D eigenvalue weighted by molar-refractivity contribution is 5.82. The Kier molecular flexibility index (Phi) is 25.4. The van der Waals surface area contributed by atoms with Gasteiger partial charge in [0.2, 0.25) is 0 Å². The minimum atomic E-state index is -0.392. The number of rotatable bonds is 27. The lowest BCUT2D eigenvalue weighted by atomic mass is 9.83. The largest absolute Gasteiger partial charge is 0.463 e. The third-order valence-electron chi connectivity index (χ3n) is 7.53. The van der Waals surface area contributed by atoms with E-state index in [2.05, 4.69) is 13.8 Å². The average Bonchev–Trinajstić information content (AvgIpc) is 2.85. The molecule has 0 aromatic heterocycles. The Morgan fingerprint density at radius 3 is 0.895 bits per heavy atom. The van der Waals surface area contributed by atoms with E-state index in [1.807, 2.05) is 27.7 Å². The summed E-state index contributed by atoms with van der Waals surface area (Å²) in [5.74, 6) is -1.21. The quantitative estimate of drug-likeness (QED) is 0.0770. The molecule has 0 fully saturated rings. The molecule has 0 aromatic rings. The second-order valence-electron chi connectivity index (χ2n) is 12.1. The molecule has 38 heavy (non-hydrogen) atoms. The standard InChI is InChI=1S/C34H66O4/c1-7-9-11-13-15-17-19-21-23-25-27-31(33(35)37-29(3)4)32(34(36)38-30(5)6)28-26-24-22-20-18-16-14-12-10-8-2/h29-32H,7-28H2,1-6H3. The third kappa shape index (κ3) is 21.8. The summed E-state index contributed by atoms with van der Waals surface area (Å²) in [5, 5.41) is 0. The van der Waals surface area contributed by atoms with Gasteiger partial charge in [0.05, 0.1) is 24.0 Å². The number of hydrogen-bond acceptors (Lipinski definition) is 4. The predicted molar refractivity (Wildman–Crippen MR) is 162 cm³/mol. The molecule has 0 aliphatic heterocycles.